The Morgan fingerprint density at radius 1 is 1.42 bits per heavy atom. The van der Waals surface area contributed by atoms with E-state index in [1.54, 1.807) is 23.5 Å². The molecule has 0 radical (unpaired) electrons. The molecule has 0 atom stereocenters. The number of aliphatic imine (C=N–C) groups is 1. The van der Waals surface area contributed by atoms with Crippen molar-refractivity contribution in [2.45, 2.75) is 0 Å². The lowest BCUT2D eigenvalue weighted by Gasteiger charge is -2.05. The van der Waals surface area contributed by atoms with Crippen LogP contribution in [0, 0.1) is 0 Å². The van der Waals surface area contributed by atoms with Crippen molar-refractivity contribution < 1.29 is 0 Å². The van der Waals surface area contributed by atoms with Gasteiger partial charge in [-0.1, -0.05) is 29.6 Å². The molecule has 2 aliphatic rings. The summed E-state index contributed by atoms with van der Waals surface area (Å²) in [4.78, 5) is 5.53. The first-order valence-electron chi connectivity index (χ1n) is 3.55. The summed E-state index contributed by atoms with van der Waals surface area (Å²) in [6.45, 7) is 0. The number of rotatable bonds is 0. The van der Waals surface area contributed by atoms with Gasteiger partial charge in [-0.3, -0.25) is 0 Å². The first-order valence-corrected chi connectivity index (χ1v) is 5.59. The molecule has 60 valence electrons. The average molecular weight is 193 g/mol. The van der Waals surface area contributed by atoms with Gasteiger partial charge in [0.2, 0.25) is 0 Å². The van der Waals surface area contributed by atoms with Gasteiger partial charge in [0.1, 0.15) is 10.1 Å². The zero-order chi connectivity index (χ0) is 8.39. The van der Waals surface area contributed by atoms with Crippen LogP contribution in [0.4, 0.5) is 0 Å². The number of hydrogen-bond acceptors (Lipinski definition) is 3. The number of allylic oxidation sites excluding steroid dienone is 3. The van der Waals surface area contributed by atoms with Gasteiger partial charge in [0.05, 0.1) is 4.91 Å². The highest BCUT2D eigenvalue weighted by Crippen LogP contribution is 2.30. The van der Waals surface area contributed by atoms with Gasteiger partial charge in [0, 0.05) is 0 Å². The third kappa shape index (κ3) is 1.58. The highest BCUT2D eigenvalue weighted by molar-refractivity contribution is 8.40. The van der Waals surface area contributed by atoms with Crippen molar-refractivity contribution in [1.82, 2.24) is 0 Å². The summed E-state index contributed by atoms with van der Waals surface area (Å²) in [5, 5.41) is 0. The summed E-state index contributed by atoms with van der Waals surface area (Å²) < 4.78 is 1.09. The van der Waals surface area contributed by atoms with Crippen molar-refractivity contribution in [2.24, 2.45) is 4.99 Å². The molecule has 0 fully saturated rings. The van der Waals surface area contributed by atoms with Gasteiger partial charge in [0.25, 0.3) is 0 Å². The van der Waals surface area contributed by atoms with Crippen LogP contribution in [0.3, 0.4) is 0 Å². The number of nitrogens with zero attached hydrogens (tertiary/aromatic N) is 1. The highest BCUT2D eigenvalue weighted by Gasteiger charge is 2.08. The number of hydrogen-bond donors (Lipinski definition) is 0. The van der Waals surface area contributed by atoms with Crippen LogP contribution in [-0.4, -0.2) is 10.6 Å². The molecule has 1 aliphatic carbocycles. The Balaban J connectivity index is 2.42. The average Bonchev–Trinajstić information content (AvgIpc) is 2.27. The van der Waals surface area contributed by atoms with Crippen LogP contribution in [-0.2, 0) is 0 Å². The van der Waals surface area contributed by atoms with E-state index >= 15 is 0 Å². The minimum absolute atomic E-state index is 0.929. The molecular formula is C9H7NS2. The summed E-state index contributed by atoms with van der Waals surface area (Å²) in [6.07, 6.45) is 10.1. The Kier molecular flexibility index (Phi) is 2.26. The molecule has 2 bridgehead atoms. The lowest BCUT2D eigenvalue weighted by atomic mass is 10.4. The molecule has 1 heterocycles. The Morgan fingerprint density at radius 3 is 3.08 bits per heavy atom. The summed E-state index contributed by atoms with van der Waals surface area (Å²) in [7, 11) is 0. The van der Waals surface area contributed by atoms with Gasteiger partial charge in [0.15, 0.2) is 0 Å². The molecule has 3 heteroatoms. The molecule has 0 spiro atoms. The van der Waals surface area contributed by atoms with Gasteiger partial charge in [-0.05, 0) is 18.4 Å². The van der Waals surface area contributed by atoms with Crippen LogP contribution in [0.1, 0.15) is 0 Å². The van der Waals surface area contributed by atoms with Crippen LogP contribution < -0.4 is 0 Å². The van der Waals surface area contributed by atoms with Crippen molar-refractivity contribution in [3.05, 3.63) is 40.6 Å². The third-order valence-electron chi connectivity index (χ3n) is 1.45. The molecule has 1 aliphatic heterocycles. The monoisotopic (exact) mass is 193 g/mol. The zero-order valence-corrected chi connectivity index (χ0v) is 8.21. The summed E-state index contributed by atoms with van der Waals surface area (Å²) in [6, 6.07) is 0. The van der Waals surface area contributed by atoms with Crippen LogP contribution in [0.5, 0.6) is 0 Å². The second-order valence-electron chi connectivity index (χ2n) is 2.28. The van der Waals surface area contributed by atoms with Gasteiger partial charge in [-0.25, -0.2) is 4.99 Å². The lowest BCUT2D eigenvalue weighted by molar-refractivity contribution is 1.44. The Morgan fingerprint density at radius 2 is 2.25 bits per heavy atom. The van der Waals surface area contributed by atoms with Crippen LogP contribution in [0.2, 0.25) is 0 Å². The van der Waals surface area contributed by atoms with Crippen molar-refractivity contribution in [3.63, 3.8) is 0 Å². The van der Waals surface area contributed by atoms with E-state index in [1.807, 2.05) is 24.5 Å². The van der Waals surface area contributed by atoms with E-state index < -0.39 is 0 Å². The van der Waals surface area contributed by atoms with E-state index in [1.165, 1.54) is 0 Å². The van der Waals surface area contributed by atoms with Crippen LogP contribution >= 0.6 is 23.5 Å². The van der Waals surface area contributed by atoms with E-state index in [0.717, 1.165) is 15.0 Å². The molecule has 0 saturated carbocycles. The fourth-order valence-electron chi connectivity index (χ4n) is 0.927. The zero-order valence-electron chi connectivity index (χ0n) is 6.57. The molecule has 0 N–H and O–H groups in total. The van der Waals surface area contributed by atoms with E-state index in [-0.39, 0.29) is 0 Å². The molecule has 0 aromatic rings. The first-order chi connectivity index (χ1) is 5.88. The lowest BCUT2D eigenvalue weighted by Crippen LogP contribution is -1.89. The molecule has 0 aromatic heterocycles. The number of thioether (sulfide) groups is 2. The molecule has 0 unspecified atom stereocenters. The molecule has 0 aromatic carbocycles. The molecule has 0 saturated heterocycles. The smallest absolute Gasteiger partial charge is 0.136 e. The predicted octanol–water partition coefficient (Wildman–Crippen LogP) is 2.94. The van der Waals surface area contributed by atoms with Crippen molar-refractivity contribution in [2.75, 3.05) is 6.26 Å². The van der Waals surface area contributed by atoms with Gasteiger partial charge >= 0.3 is 0 Å². The molecule has 0 amide bonds. The largest absolute Gasteiger partial charge is 0.226 e. The molecule has 1 nitrogen and oxygen atoms in total. The SMILES string of the molecule is CSC1=NC2=C=C(C=CC=C2)S1. The van der Waals surface area contributed by atoms with E-state index in [9.17, 15) is 0 Å². The molecule has 2 rings (SSSR count). The minimum Gasteiger partial charge on any atom is -0.226 e. The maximum atomic E-state index is 4.38. The topological polar surface area (TPSA) is 12.4 Å². The Bertz CT molecular complexity index is 355. The van der Waals surface area contributed by atoms with E-state index in [0.29, 0.717) is 0 Å². The van der Waals surface area contributed by atoms with Gasteiger partial charge in [-0.15, -0.1) is 11.8 Å². The Hall–Kier alpha value is -0.630. The predicted molar refractivity (Wildman–Crippen MR) is 57.4 cm³/mol. The summed E-state index contributed by atoms with van der Waals surface area (Å²) >= 11 is 3.35. The molecular weight excluding hydrogens is 186 g/mol. The summed E-state index contributed by atoms with van der Waals surface area (Å²) in [5.74, 6) is 0. The fourth-order valence-corrected chi connectivity index (χ4v) is 2.35. The maximum Gasteiger partial charge on any atom is 0.136 e. The van der Waals surface area contributed by atoms with Gasteiger partial charge in [-0.2, -0.15) is 0 Å². The van der Waals surface area contributed by atoms with E-state index in [2.05, 4.69) is 16.8 Å². The quantitative estimate of drug-likeness (QED) is 0.548. The highest BCUT2D eigenvalue weighted by atomic mass is 32.2. The minimum atomic E-state index is 0.929. The third-order valence-corrected chi connectivity index (χ3v) is 3.36. The van der Waals surface area contributed by atoms with Crippen molar-refractivity contribution in [3.8, 4) is 0 Å². The first kappa shape index (κ1) is 7.99. The fraction of sp³-hybridized carbons (Fsp3) is 0.111. The second kappa shape index (κ2) is 3.40. The van der Waals surface area contributed by atoms with Crippen LogP contribution in [0.25, 0.3) is 0 Å². The molecule has 12 heavy (non-hydrogen) atoms. The van der Waals surface area contributed by atoms with Gasteiger partial charge < -0.3 is 0 Å². The Labute approximate surface area is 80.0 Å². The summed E-state index contributed by atoms with van der Waals surface area (Å²) in [5.41, 5.74) is 4.13. The standard InChI is InChI=1S/C9H7NS2/c1-11-9-10-7-4-2-3-5-8(6-7)12-9/h2-5H,1H3. The normalized spacial score (nSPS) is 19.6. The van der Waals surface area contributed by atoms with Crippen molar-refractivity contribution in [1.29, 1.82) is 0 Å². The van der Waals surface area contributed by atoms with Crippen molar-refractivity contribution >= 4 is 27.9 Å². The maximum absolute atomic E-state index is 4.38. The van der Waals surface area contributed by atoms with Crippen LogP contribution in [0.15, 0.2) is 45.6 Å². The second-order valence-corrected chi connectivity index (χ2v) is 4.36. The van der Waals surface area contributed by atoms with E-state index in [4.69, 9.17) is 0 Å².